The number of rotatable bonds is 14. The molecule has 0 saturated carbocycles. The maximum absolute atomic E-state index is 13.1. The summed E-state index contributed by atoms with van der Waals surface area (Å²) in [5.74, 6) is -2.63. The van der Waals surface area contributed by atoms with E-state index in [2.05, 4.69) is 20.6 Å². The molecule has 0 aliphatic rings. The Hall–Kier alpha value is -5.00. The molecule has 12 nitrogen and oxygen atoms in total. The third-order valence-electron chi connectivity index (χ3n) is 6.51. The second-order valence-corrected chi connectivity index (χ2v) is 9.49. The van der Waals surface area contributed by atoms with Gasteiger partial charge in [0.05, 0.1) is 0 Å². The second-order valence-electron chi connectivity index (χ2n) is 9.49. The summed E-state index contributed by atoms with van der Waals surface area (Å²) in [4.78, 5) is 58.1. The number of aliphatic carboxylic acids is 1. The Kier molecular flexibility index (Phi) is 10.7. The van der Waals surface area contributed by atoms with Crippen LogP contribution in [0.1, 0.15) is 81.8 Å². The number of carbonyl (C=O) groups excluding carboxylic acids is 3. The van der Waals surface area contributed by atoms with E-state index in [0.717, 1.165) is 6.26 Å². The highest BCUT2D eigenvalue weighted by Crippen LogP contribution is 2.25. The molecule has 1 aromatic heterocycles. The van der Waals surface area contributed by atoms with Crippen molar-refractivity contribution in [1.82, 2.24) is 15.6 Å². The van der Waals surface area contributed by atoms with Gasteiger partial charge >= 0.3 is 5.97 Å². The van der Waals surface area contributed by atoms with Crippen molar-refractivity contribution in [3.05, 3.63) is 89.1 Å². The molecule has 216 valence electrons. The zero-order valence-corrected chi connectivity index (χ0v) is 22.9. The van der Waals surface area contributed by atoms with Crippen molar-refractivity contribution < 1.29 is 28.7 Å². The molecule has 1 heterocycles. The number of carbonyl (C=O) groups is 4. The van der Waals surface area contributed by atoms with Crippen molar-refractivity contribution in [2.75, 3.05) is 6.54 Å². The van der Waals surface area contributed by atoms with Gasteiger partial charge in [-0.2, -0.15) is 0 Å². The molecule has 2 amide bonds. The van der Waals surface area contributed by atoms with Crippen molar-refractivity contribution in [2.45, 2.75) is 45.2 Å². The van der Waals surface area contributed by atoms with E-state index in [9.17, 15) is 24.3 Å². The Balaban J connectivity index is 1.69. The zero-order chi connectivity index (χ0) is 29.9. The van der Waals surface area contributed by atoms with E-state index in [0.29, 0.717) is 29.5 Å². The number of nitrogens with two attached hydrogens (primary N) is 2. The van der Waals surface area contributed by atoms with Crippen molar-refractivity contribution >= 4 is 29.5 Å². The van der Waals surface area contributed by atoms with Crippen molar-refractivity contribution in [1.29, 1.82) is 0 Å². The van der Waals surface area contributed by atoms with Crippen LogP contribution in [0, 0.1) is 5.92 Å². The first-order valence-corrected chi connectivity index (χ1v) is 13.2. The van der Waals surface area contributed by atoms with Gasteiger partial charge in [0.2, 0.25) is 5.89 Å². The van der Waals surface area contributed by atoms with Gasteiger partial charge in [0.1, 0.15) is 18.3 Å². The van der Waals surface area contributed by atoms with E-state index in [1.807, 2.05) is 19.9 Å². The molecule has 0 saturated heterocycles. The molecule has 3 rings (SSSR count). The summed E-state index contributed by atoms with van der Waals surface area (Å²) in [5, 5.41) is 14.8. The van der Waals surface area contributed by atoms with E-state index in [4.69, 9.17) is 15.9 Å². The van der Waals surface area contributed by atoms with Crippen LogP contribution in [-0.4, -0.2) is 52.2 Å². The van der Waals surface area contributed by atoms with Crippen molar-refractivity contribution in [3.63, 3.8) is 0 Å². The highest BCUT2D eigenvalue weighted by molar-refractivity contribution is 6.09. The number of aliphatic imine (C=N–C) groups is 1. The van der Waals surface area contributed by atoms with Gasteiger partial charge < -0.3 is 31.6 Å². The molecule has 0 aliphatic heterocycles. The Morgan fingerprint density at radius 3 is 2.20 bits per heavy atom. The third-order valence-corrected chi connectivity index (χ3v) is 6.51. The lowest BCUT2D eigenvalue weighted by Crippen LogP contribution is -2.41. The fourth-order valence-corrected chi connectivity index (χ4v) is 3.96. The van der Waals surface area contributed by atoms with Crippen LogP contribution >= 0.6 is 0 Å². The number of benzene rings is 2. The summed E-state index contributed by atoms with van der Waals surface area (Å²) in [6.07, 6.45) is 2.22. The summed E-state index contributed by atoms with van der Waals surface area (Å²) in [6, 6.07) is 13.3. The fourth-order valence-electron chi connectivity index (χ4n) is 3.96. The van der Waals surface area contributed by atoms with Crippen LogP contribution in [0.5, 0.6) is 0 Å². The number of carboxylic acid groups (broad SMARTS) is 1. The molecular formula is C29H34N6O6. The molecule has 12 heteroatoms. The number of nitrogens with one attached hydrogen (secondary N) is 2. The Bertz CT molecular complexity index is 1380. The number of ketones is 1. The van der Waals surface area contributed by atoms with E-state index in [-0.39, 0.29) is 42.2 Å². The molecule has 1 unspecified atom stereocenters. The largest absolute Gasteiger partial charge is 0.480 e. The predicted molar refractivity (Wildman–Crippen MR) is 151 cm³/mol. The number of amides is 2. The van der Waals surface area contributed by atoms with Crippen LogP contribution in [0.25, 0.3) is 0 Å². The fraction of sp³-hybridized carbons (Fsp3) is 0.310. The lowest BCUT2D eigenvalue weighted by molar-refractivity contribution is -0.139. The third kappa shape index (κ3) is 8.49. The standard InChI is InChI=1S/C29H34N6O6/c1-3-17(2)23(35-25(37)20-13-11-19(12-14-20)24(36)18-8-5-4-6-9-18)27-34-22(16-41-27)26(38)33-21(28(39)40)10-7-15-32-29(30)31/h4-6,8-9,11-14,16-17,21,23H,3,7,10,15H2,1-2H3,(H,33,38)(H,35,37)(H,39,40)(H4,30,31,32)/t17-,21-,23?/m0/s1. The highest BCUT2D eigenvalue weighted by Gasteiger charge is 2.28. The number of nitrogens with zero attached hydrogens (tertiary/aromatic N) is 2. The minimum absolute atomic E-state index is 0.101. The summed E-state index contributed by atoms with van der Waals surface area (Å²) in [5.41, 5.74) is 11.7. The first-order valence-electron chi connectivity index (χ1n) is 13.2. The molecule has 0 radical (unpaired) electrons. The van der Waals surface area contributed by atoms with E-state index in [1.54, 1.807) is 48.5 Å². The number of oxazole rings is 1. The van der Waals surface area contributed by atoms with E-state index in [1.165, 1.54) is 0 Å². The first-order chi connectivity index (χ1) is 19.6. The summed E-state index contributed by atoms with van der Waals surface area (Å²) in [6.45, 7) is 4.05. The lowest BCUT2D eigenvalue weighted by atomic mass is 9.98. The molecule has 0 fully saturated rings. The molecule has 0 spiro atoms. The Morgan fingerprint density at radius 1 is 0.951 bits per heavy atom. The SMILES string of the molecule is CC[C@H](C)C(NC(=O)c1ccc(C(=O)c2ccccc2)cc1)c1nc(C(=O)N[C@@H](CCCN=C(N)N)C(=O)O)co1. The number of carboxylic acids is 1. The molecule has 2 aromatic carbocycles. The topological polar surface area (TPSA) is 203 Å². The number of hydrogen-bond donors (Lipinski definition) is 5. The minimum Gasteiger partial charge on any atom is -0.480 e. The maximum Gasteiger partial charge on any atom is 0.326 e. The van der Waals surface area contributed by atoms with Gasteiger partial charge in [-0.25, -0.2) is 9.78 Å². The molecular weight excluding hydrogens is 528 g/mol. The Morgan fingerprint density at radius 2 is 1.59 bits per heavy atom. The van der Waals surface area contributed by atoms with Gasteiger partial charge in [0.25, 0.3) is 11.8 Å². The first kappa shape index (κ1) is 30.5. The van der Waals surface area contributed by atoms with E-state index >= 15 is 0 Å². The normalized spacial score (nSPS) is 12.9. The molecule has 3 atom stereocenters. The van der Waals surface area contributed by atoms with Gasteiger partial charge in [-0.05, 0) is 30.9 Å². The van der Waals surface area contributed by atoms with Crippen LogP contribution in [0.15, 0.2) is 70.3 Å². The van der Waals surface area contributed by atoms with Gasteiger partial charge in [-0.3, -0.25) is 19.4 Å². The summed E-state index contributed by atoms with van der Waals surface area (Å²) >= 11 is 0. The van der Waals surface area contributed by atoms with Crippen molar-refractivity contribution in [3.8, 4) is 0 Å². The second kappa shape index (κ2) is 14.4. The zero-order valence-electron chi connectivity index (χ0n) is 22.9. The minimum atomic E-state index is -1.21. The quantitative estimate of drug-likeness (QED) is 0.0847. The van der Waals surface area contributed by atoms with Gasteiger partial charge in [-0.1, -0.05) is 62.7 Å². The van der Waals surface area contributed by atoms with Crippen LogP contribution in [-0.2, 0) is 4.79 Å². The number of guanidine groups is 1. The van der Waals surface area contributed by atoms with Crippen LogP contribution in [0.3, 0.4) is 0 Å². The van der Waals surface area contributed by atoms with Crippen LogP contribution in [0.2, 0.25) is 0 Å². The monoisotopic (exact) mass is 562 g/mol. The average molecular weight is 563 g/mol. The molecule has 0 aliphatic carbocycles. The lowest BCUT2D eigenvalue weighted by Gasteiger charge is -2.21. The van der Waals surface area contributed by atoms with E-state index < -0.39 is 29.9 Å². The highest BCUT2D eigenvalue weighted by atomic mass is 16.4. The summed E-state index contributed by atoms with van der Waals surface area (Å²) < 4.78 is 5.55. The Labute approximate surface area is 237 Å². The van der Waals surface area contributed by atoms with Crippen LogP contribution in [0.4, 0.5) is 0 Å². The number of aromatic nitrogens is 1. The molecule has 0 bridgehead atoms. The smallest absolute Gasteiger partial charge is 0.326 e. The van der Waals surface area contributed by atoms with Gasteiger partial charge in [0.15, 0.2) is 17.4 Å². The maximum atomic E-state index is 13.1. The number of hydrogen-bond acceptors (Lipinski definition) is 7. The molecule has 7 N–H and O–H groups in total. The van der Waals surface area contributed by atoms with Gasteiger partial charge in [0, 0.05) is 23.2 Å². The van der Waals surface area contributed by atoms with Crippen LogP contribution < -0.4 is 22.1 Å². The summed E-state index contributed by atoms with van der Waals surface area (Å²) in [7, 11) is 0. The molecule has 3 aromatic rings. The predicted octanol–water partition coefficient (Wildman–Crippen LogP) is 2.66. The van der Waals surface area contributed by atoms with Crippen molar-refractivity contribution in [2.24, 2.45) is 22.4 Å². The van der Waals surface area contributed by atoms with Gasteiger partial charge in [-0.15, -0.1) is 0 Å². The molecule has 41 heavy (non-hydrogen) atoms. The average Bonchev–Trinajstić information content (AvgIpc) is 3.47.